The van der Waals surface area contributed by atoms with Crippen molar-refractivity contribution >= 4 is 5.78 Å². The van der Waals surface area contributed by atoms with Gasteiger partial charge in [-0.05, 0) is 37.0 Å². The quantitative estimate of drug-likeness (QED) is 0.678. The molecule has 0 spiro atoms. The van der Waals surface area contributed by atoms with Crippen LogP contribution in [0.5, 0.6) is 0 Å². The molecule has 1 atom stereocenters. The maximum Gasteiger partial charge on any atom is 0.133 e. The normalized spacial score (nSPS) is 35.1. The van der Waals surface area contributed by atoms with Crippen LogP contribution in [0.1, 0.15) is 45.4 Å². The molecule has 1 heterocycles. The SMILES string of the molecule is CC1(CC2CCOCC2)CCC(=O)C1. The second-order valence-electron chi connectivity index (χ2n) is 5.29. The Labute approximate surface area is 86.0 Å². The molecule has 0 bridgehead atoms. The van der Waals surface area contributed by atoms with Gasteiger partial charge in [-0.3, -0.25) is 4.79 Å². The number of ether oxygens (including phenoxy) is 1. The number of Topliss-reactive ketones (excluding diaryl/α,β-unsaturated/α-hetero) is 1. The lowest BCUT2D eigenvalue weighted by atomic mass is 9.77. The fraction of sp³-hybridized carbons (Fsp3) is 0.917. The third kappa shape index (κ3) is 2.35. The lowest BCUT2D eigenvalue weighted by molar-refractivity contribution is -0.118. The summed E-state index contributed by atoms with van der Waals surface area (Å²) in [6.45, 7) is 4.14. The Morgan fingerprint density at radius 2 is 2.14 bits per heavy atom. The molecule has 1 saturated heterocycles. The summed E-state index contributed by atoms with van der Waals surface area (Å²) in [6.07, 6.45) is 6.39. The molecule has 0 aromatic carbocycles. The highest BCUT2D eigenvalue weighted by Crippen LogP contribution is 2.42. The molecule has 2 aliphatic rings. The van der Waals surface area contributed by atoms with Crippen molar-refractivity contribution in [2.45, 2.75) is 45.4 Å². The van der Waals surface area contributed by atoms with Crippen molar-refractivity contribution in [1.29, 1.82) is 0 Å². The summed E-state index contributed by atoms with van der Waals surface area (Å²) in [5.74, 6) is 1.28. The minimum Gasteiger partial charge on any atom is -0.381 e. The number of carbonyl (C=O) groups is 1. The van der Waals surface area contributed by atoms with E-state index in [1.165, 1.54) is 19.3 Å². The van der Waals surface area contributed by atoms with E-state index in [0.29, 0.717) is 11.2 Å². The van der Waals surface area contributed by atoms with E-state index in [4.69, 9.17) is 4.74 Å². The highest BCUT2D eigenvalue weighted by atomic mass is 16.5. The van der Waals surface area contributed by atoms with Gasteiger partial charge in [0.1, 0.15) is 5.78 Å². The van der Waals surface area contributed by atoms with E-state index in [2.05, 4.69) is 6.92 Å². The summed E-state index contributed by atoms with van der Waals surface area (Å²) in [4.78, 5) is 11.3. The fourth-order valence-corrected chi connectivity index (χ4v) is 2.92. The van der Waals surface area contributed by atoms with Crippen LogP contribution in [0.3, 0.4) is 0 Å². The van der Waals surface area contributed by atoms with Crippen LogP contribution in [-0.4, -0.2) is 19.0 Å². The first-order valence-corrected chi connectivity index (χ1v) is 5.77. The van der Waals surface area contributed by atoms with Gasteiger partial charge in [-0.15, -0.1) is 0 Å². The second kappa shape index (κ2) is 4.01. The van der Waals surface area contributed by atoms with E-state index in [9.17, 15) is 4.79 Å². The van der Waals surface area contributed by atoms with E-state index in [0.717, 1.165) is 38.4 Å². The van der Waals surface area contributed by atoms with Crippen molar-refractivity contribution in [3.8, 4) is 0 Å². The topological polar surface area (TPSA) is 26.3 Å². The molecule has 0 aromatic rings. The molecular formula is C12H20O2. The molecule has 0 amide bonds. The number of hydrogen-bond donors (Lipinski definition) is 0. The Balaban J connectivity index is 1.86. The van der Waals surface area contributed by atoms with Gasteiger partial charge >= 0.3 is 0 Å². The van der Waals surface area contributed by atoms with Crippen LogP contribution in [0.15, 0.2) is 0 Å². The lowest BCUT2D eigenvalue weighted by Crippen LogP contribution is -2.23. The summed E-state index contributed by atoms with van der Waals surface area (Å²) >= 11 is 0. The van der Waals surface area contributed by atoms with Crippen molar-refractivity contribution < 1.29 is 9.53 Å². The molecule has 0 radical (unpaired) electrons. The van der Waals surface area contributed by atoms with Crippen LogP contribution in [0.4, 0.5) is 0 Å². The maximum atomic E-state index is 11.3. The van der Waals surface area contributed by atoms with Gasteiger partial charge in [-0.2, -0.15) is 0 Å². The van der Waals surface area contributed by atoms with Crippen LogP contribution < -0.4 is 0 Å². The average molecular weight is 196 g/mol. The lowest BCUT2D eigenvalue weighted by Gasteiger charge is -2.30. The number of ketones is 1. The molecule has 1 unspecified atom stereocenters. The van der Waals surface area contributed by atoms with E-state index in [-0.39, 0.29) is 0 Å². The first-order valence-electron chi connectivity index (χ1n) is 5.77. The Bertz CT molecular complexity index is 218. The van der Waals surface area contributed by atoms with Crippen molar-refractivity contribution in [3.63, 3.8) is 0 Å². The molecule has 2 fully saturated rings. The van der Waals surface area contributed by atoms with Crippen molar-refractivity contribution in [3.05, 3.63) is 0 Å². The molecule has 80 valence electrons. The molecule has 1 aliphatic carbocycles. The maximum absolute atomic E-state index is 11.3. The molecule has 1 saturated carbocycles. The van der Waals surface area contributed by atoms with Gasteiger partial charge in [-0.25, -0.2) is 0 Å². The zero-order valence-electron chi connectivity index (χ0n) is 9.05. The zero-order chi connectivity index (χ0) is 10.0. The van der Waals surface area contributed by atoms with Crippen LogP contribution in [-0.2, 0) is 9.53 Å². The highest BCUT2D eigenvalue weighted by molar-refractivity contribution is 5.81. The summed E-state index contributed by atoms with van der Waals surface area (Å²) < 4.78 is 5.35. The highest BCUT2D eigenvalue weighted by Gasteiger charge is 2.36. The van der Waals surface area contributed by atoms with Gasteiger partial charge in [0.2, 0.25) is 0 Å². The number of hydrogen-bond acceptors (Lipinski definition) is 2. The Hall–Kier alpha value is -0.370. The van der Waals surface area contributed by atoms with Crippen LogP contribution in [0, 0.1) is 11.3 Å². The Morgan fingerprint density at radius 3 is 2.71 bits per heavy atom. The summed E-state index contributed by atoms with van der Waals surface area (Å²) in [7, 11) is 0. The largest absolute Gasteiger partial charge is 0.381 e. The third-order valence-corrected chi connectivity index (χ3v) is 3.75. The van der Waals surface area contributed by atoms with Crippen molar-refractivity contribution in [2.75, 3.05) is 13.2 Å². The first-order chi connectivity index (χ1) is 6.68. The molecule has 1 aliphatic heterocycles. The zero-order valence-corrected chi connectivity index (χ0v) is 9.05. The van der Waals surface area contributed by atoms with Crippen LogP contribution in [0.2, 0.25) is 0 Å². The minimum absolute atomic E-state index is 0.319. The minimum atomic E-state index is 0.319. The molecule has 2 heteroatoms. The molecule has 0 aromatic heterocycles. The van der Waals surface area contributed by atoms with Gasteiger partial charge in [-0.1, -0.05) is 6.92 Å². The monoisotopic (exact) mass is 196 g/mol. The molecule has 2 nitrogen and oxygen atoms in total. The predicted octanol–water partition coefficient (Wildman–Crippen LogP) is 2.56. The van der Waals surface area contributed by atoms with Crippen molar-refractivity contribution in [2.24, 2.45) is 11.3 Å². The standard InChI is InChI=1S/C12H20O2/c1-12(5-2-11(13)9-12)8-10-3-6-14-7-4-10/h10H,2-9H2,1H3. The third-order valence-electron chi connectivity index (χ3n) is 3.75. The average Bonchev–Trinajstić information content (AvgIpc) is 2.47. The van der Waals surface area contributed by atoms with Crippen molar-refractivity contribution in [1.82, 2.24) is 0 Å². The smallest absolute Gasteiger partial charge is 0.133 e. The van der Waals surface area contributed by atoms with Gasteiger partial charge in [0.15, 0.2) is 0 Å². The predicted molar refractivity (Wildman–Crippen MR) is 55.1 cm³/mol. The molecule has 2 rings (SSSR count). The van der Waals surface area contributed by atoms with Crippen LogP contribution in [0.25, 0.3) is 0 Å². The molecule has 0 N–H and O–H groups in total. The second-order valence-corrected chi connectivity index (χ2v) is 5.29. The van der Waals surface area contributed by atoms with E-state index < -0.39 is 0 Å². The summed E-state index contributed by atoms with van der Waals surface area (Å²) in [5.41, 5.74) is 0.319. The van der Waals surface area contributed by atoms with Crippen LogP contribution >= 0.6 is 0 Å². The first kappa shape index (κ1) is 10.2. The van der Waals surface area contributed by atoms with E-state index in [1.807, 2.05) is 0 Å². The van der Waals surface area contributed by atoms with Gasteiger partial charge in [0.05, 0.1) is 0 Å². The summed E-state index contributed by atoms with van der Waals surface area (Å²) in [6, 6.07) is 0. The van der Waals surface area contributed by atoms with Gasteiger partial charge in [0.25, 0.3) is 0 Å². The van der Waals surface area contributed by atoms with Gasteiger partial charge in [0, 0.05) is 26.1 Å². The molecule has 14 heavy (non-hydrogen) atoms. The Morgan fingerprint density at radius 1 is 1.43 bits per heavy atom. The summed E-state index contributed by atoms with van der Waals surface area (Å²) in [5, 5.41) is 0. The fourth-order valence-electron chi connectivity index (χ4n) is 2.92. The Kier molecular flexibility index (Phi) is 2.91. The van der Waals surface area contributed by atoms with E-state index >= 15 is 0 Å². The van der Waals surface area contributed by atoms with Gasteiger partial charge < -0.3 is 4.74 Å². The number of carbonyl (C=O) groups excluding carboxylic acids is 1. The molecular weight excluding hydrogens is 176 g/mol. The number of rotatable bonds is 2. The van der Waals surface area contributed by atoms with E-state index in [1.54, 1.807) is 0 Å².